The van der Waals surface area contributed by atoms with Crippen molar-refractivity contribution in [1.82, 2.24) is 10.4 Å². The van der Waals surface area contributed by atoms with Crippen LogP contribution in [-0.4, -0.2) is 40.2 Å². The smallest absolute Gasteiger partial charge is 0.426 e. The average molecular weight is 272 g/mol. The fourth-order valence-corrected chi connectivity index (χ4v) is 1.83. The molecule has 0 aliphatic carbocycles. The normalized spacial score (nSPS) is 19.4. The maximum Gasteiger partial charge on any atom is 0.426 e. The van der Waals surface area contributed by atoms with Crippen molar-refractivity contribution in [2.75, 3.05) is 6.54 Å². The Bertz CT molecular complexity index is 375. The number of ether oxygens (including phenoxy) is 1. The highest BCUT2D eigenvalue weighted by atomic mass is 16.6. The number of carboxylic acid groups (broad SMARTS) is 1. The third-order valence-corrected chi connectivity index (χ3v) is 2.65. The van der Waals surface area contributed by atoms with Gasteiger partial charge in [0.05, 0.1) is 0 Å². The van der Waals surface area contributed by atoms with E-state index in [2.05, 4.69) is 5.43 Å². The molecule has 0 bridgehead atoms. The first kappa shape index (κ1) is 15.3. The topological polar surface area (TPSA) is 95.9 Å². The van der Waals surface area contributed by atoms with Crippen molar-refractivity contribution in [3.8, 4) is 0 Å². The van der Waals surface area contributed by atoms with Crippen molar-refractivity contribution in [3.05, 3.63) is 0 Å². The first-order valence-corrected chi connectivity index (χ1v) is 6.22. The van der Waals surface area contributed by atoms with Crippen LogP contribution in [0, 0.1) is 5.92 Å². The van der Waals surface area contributed by atoms with Crippen LogP contribution in [-0.2, 0) is 14.3 Å². The van der Waals surface area contributed by atoms with Gasteiger partial charge in [-0.1, -0.05) is 0 Å². The van der Waals surface area contributed by atoms with Crippen LogP contribution in [0.4, 0.5) is 4.79 Å². The van der Waals surface area contributed by atoms with Gasteiger partial charge in [0, 0.05) is 18.9 Å². The Labute approximate surface area is 111 Å². The van der Waals surface area contributed by atoms with Gasteiger partial charge in [0.15, 0.2) is 0 Å². The van der Waals surface area contributed by atoms with Gasteiger partial charge < -0.3 is 9.84 Å². The number of carbonyl (C=O) groups is 3. The highest BCUT2D eigenvalue weighted by molar-refractivity contribution is 5.83. The van der Waals surface area contributed by atoms with E-state index in [1.54, 1.807) is 20.8 Å². The fourth-order valence-electron chi connectivity index (χ4n) is 1.83. The second-order valence-corrected chi connectivity index (χ2v) is 5.52. The van der Waals surface area contributed by atoms with Crippen LogP contribution in [0.25, 0.3) is 0 Å². The summed E-state index contributed by atoms with van der Waals surface area (Å²) in [5, 5.41) is 9.78. The van der Waals surface area contributed by atoms with Crippen LogP contribution in [0.5, 0.6) is 0 Å². The number of hydrazine groups is 1. The molecule has 0 spiro atoms. The van der Waals surface area contributed by atoms with Crippen LogP contribution in [0.2, 0.25) is 0 Å². The van der Waals surface area contributed by atoms with Gasteiger partial charge in [-0.3, -0.25) is 14.6 Å². The number of amides is 2. The summed E-state index contributed by atoms with van der Waals surface area (Å²) in [5.74, 6) is -1.52. The van der Waals surface area contributed by atoms with E-state index in [0.29, 0.717) is 19.4 Å². The number of aliphatic carboxylic acids is 1. The second-order valence-electron chi connectivity index (χ2n) is 5.52. The van der Waals surface area contributed by atoms with E-state index in [0.717, 1.165) is 0 Å². The first-order chi connectivity index (χ1) is 8.69. The minimum atomic E-state index is -0.925. The number of nitrogens with one attached hydrogen (secondary N) is 1. The van der Waals surface area contributed by atoms with Crippen LogP contribution < -0.4 is 5.43 Å². The number of rotatable bonds is 4. The minimum absolute atomic E-state index is 0.0450. The molecule has 1 fully saturated rings. The van der Waals surface area contributed by atoms with Gasteiger partial charge >= 0.3 is 12.1 Å². The summed E-state index contributed by atoms with van der Waals surface area (Å²) in [6.45, 7) is 5.57. The lowest BCUT2D eigenvalue weighted by atomic mass is 10.0. The standard InChI is InChI=1S/C12H20N2O5/c1-12(2,3)19-11(18)13-14-7-6-8(10(14)17)4-5-9(15)16/h8H,4-7H2,1-3H3,(H,13,18)(H,15,16). The predicted octanol–water partition coefficient (Wildman–Crippen LogP) is 1.14. The van der Waals surface area contributed by atoms with Crippen molar-refractivity contribution in [2.45, 2.75) is 45.6 Å². The van der Waals surface area contributed by atoms with E-state index in [1.165, 1.54) is 5.01 Å². The molecular weight excluding hydrogens is 252 g/mol. The second kappa shape index (κ2) is 5.90. The van der Waals surface area contributed by atoms with E-state index < -0.39 is 17.7 Å². The van der Waals surface area contributed by atoms with Crippen molar-refractivity contribution >= 4 is 18.0 Å². The van der Waals surface area contributed by atoms with Crippen LogP contribution in [0.1, 0.15) is 40.0 Å². The fraction of sp³-hybridized carbons (Fsp3) is 0.750. The number of hydrogen-bond donors (Lipinski definition) is 2. The molecule has 0 saturated carbocycles. The summed E-state index contributed by atoms with van der Waals surface area (Å²) in [5.41, 5.74) is 1.75. The van der Waals surface area contributed by atoms with Crippen LogP contribution in [0.3, 0.4) is 0 Å². The van der Waals surface area contributed by atoms with Crippen LogP contribution >= 0.6 is 0 Å². The van der Waals surface area contributed by atoms with Gasteiger partial charge in [0.1, 0.15) is 5.60 Å². The molecular formula is C12H20N2O5. The lowest BCUT2D eigenvalue weighted by Gasteiger charge is -2.23. The van der Waals surface area contributed by atoms with E-state index in [-0.39, 0.29) is 18.2 Å². The predicted molar refractivity (Wildman–Crippen MR) is 66.1 cm³/mol. The minimum Gasteiger partial charge on any atom is -0.481 e. The van der Waals surface area contributed by atoms with E-state index in [1.807, 2.05) is 0 Å². The summed E-state index contributed by atoms with van der Waals surface area (Å²) in [7, 11) is 0. The molecule has 1 unspecified atom stereocenters. The van der Waals surface area contributed by atoms with Gasteiger partial charge in [0.25, 0.3) is 0 Å². The lowest BCUT2D eigenvalue weighted by Crippen LogP contribution is -2.46. The van der Waals surface area contributed by atoms with Crippen molar-refractivity contribution in [3.63, 3.8) is 0 Å². The lowest BCUT2D eigenvalue weighted by molar-refractivity contribution is -0.138. The number of carbonyl (C=O) groups excluding carboxylic acids is 2. The quantitative estimate of drug-likeness (QED) is 0.800. The monoisotopic (exact) mass is 272 g/mol. The maximum absolute atomic E-state index is 11.9. The van der Waals surface area contributed by atoms with Crippen molar-refractivity contribution in [2.24, 2.45) is 5.92 Å². The molecule has 1 heterocycles. The van der Waals surface area contributed by atoms with Crippen LogP contribution in [0.15, 0.2) is 0 Å². The van der Waals surface area contributed by atoms with Gasteiger partial charge in [-0.2, -0.15) is 0 Å². The molecule has 19 heavy (non-hydrogen) atoms. The summed E-state index contributed by atoms with van der Waals surface area (Å²) in [6.07, 6.45) is 0.110. The van der Waals surface area contributed by atoms with E-state index in [9.17, 15) is 14.4 Å². The third kappa shape index (κ3) is 5.15. The Morgan fingerprint density at radius 2 is 2.11 bits per heavy atom. The van der Waals surface area contributed by atoms with Gasteiger partial charge in [0.2, 0.25) is 5.91 Å². The highest BCUT2D eigenvalue weighted by Crippen LogP contribution is 2.21. The molecule has 7 heteroatoms. The molecule has 1 atom stereocenters. The Morgan fingerprint density at radius 3 is 2.63 bits per heavy atom. The number of nitrogens with zero attached hydrogens (tertiary/aromatic N) is 1. The molecule has 108 valence electrons. The molecule has 1 aliphatic rings. The van der Waals surface area contributed by atoms with E-state index >= 15 is 0 Å². The molecule has 1 rings (SSSR count). The van der Waals surface area contributed by atoms with E-state index in [4.69, 9.17) is 9.84 Å². The Balaban J connectivity index is 2.43. The molecule has 0 aromatic carbocycles. The number of carboxylic acids is 1. The Hall–Kier alpha value is -1.79. The zero-order valence-corrected chi connectivity index (χ0v) is 11.4. The van der Waals surface area contributed by atoms with Crippen molar-refractivity contribution < 1.29 is 24.2 Å². The molecule has 7 nitrogen and oxygen atoms in total. The molecule has 2 N–H and O–H groups in total. The molecule has 1 saturated heterocycles. The number of hydrogen-bond acceptors (Lipinski definition) is 4. The summed E-state index contributed by atoms with van der Waals surface area (Å²) in [4.78, 5) is 33.9. The zero-order valence-electron chi connectivity index (χ0n) is 11.4. The molecule has 1 aliphatic heterocycles. The Kier molecular flexibility index (Phi) is 4.74. The first-order valence-electron chi connectivity index (χ1n) is 6.22. The van der Waals surface area contributed by atoms with Gasteiger partial charge in [-0.05, 0) is 33.6 Å². The van der Waals surface area contributed by atoms with Crippen molar-refractivity contribution in [1.29, 1.82) is 0 Å². The summed E-state index contributed by atoms with van der Waals surface area (Å²) >= 11 is 0. The molecule has 0 radical (unpaired) electrons. The summed E-state index contributed by atoms with van der Waals surface area (Å²) in [6, 6.07) is 0. The molecule has 0 aromatic rings. The SMILES string of the molecule is CC(C)(C)OC(=O)NN1CCC(CCC(=O)O)C1=O. The Morgan fingerprint density at radius 1 is 1.47 bits per heavy atom. The van der Waals surface area contributed by atoms with Gasteiger partial charge in [-0.25, -0.2) is 10.2 Å². The highest BCUT2D eigenvalue weighted by Gasteiger charge is 2.33. The largest absolute Gasteiger partial charge is 0.481 e. The molecule has 0 aromatic heterocycles. The third-order valence-electron chi connectivity index (χ3n) is 2.65. The molecule has 2 amide bonds. The maximum atomic E-state index is 11.9. The average Bonchev–Trinajstić information content (AvgIpc) is 2.55. The van der Waals surface area contributed by atoms with Gasteiger partial charge in [-0.15, -0.1) is 0 Å². The summed E-state index contributed by atoms with van der Waals surface area (Å²) < 4.78 is 5.04. The zero-order chi connectivity index (χ0) is 14.6.